The number of nitrogens with zero attached hydrogens (tertiary/aromatic N) is 1. The van der Waals surface area contributed by atoms with Crippen molar-refractivity contribution in [3.63, 3.8) is 0 Å². The van der Waals surface area contributed by atoms with E-state index in [1.54, 1.807) is 0 Å². The molecule has 10 aromatic carbocycles. The summed E-state index contributed by atoms with van der Waals surface area (Å²) in [5, 5.41) is 2.62. The lowest BCUT2D eigenvalue weighted by Crippen LogP contribution is -2.28. The Morgan fingerprint density at radius 2 is 0.923 bits per heavy atom. The highest BCUT2D eigenvalue weighted by Gasteiger charge is 2.47. The van der Waals surface area contributed by atoms with E-state index in [9.17, 15) is 0 Å². The summed E-state index contributed by atoms with van der Waals surface area (Å²) in [7, 11) is 0. The SMILES string of the molecule is CC1(c2ccccc2)c2ccccc2-c2ccc(N(c3cccc(-c4ccc5sc6ccccc6c5c4)c3)c3cccc4c3-c3ccccc3C4(c3ccccc3)c3ccccc3)cc21. The minimum absolute atomic E-state index is 0.351. The summed E-state index contributed by atoms with van der Waals surface area (Å²) in [6.45, 7) is 2.41. The Balaban J connectivity index is 1.08. The van der Waals surface area contributed by atoms with Crippen LogP contribution in [-0.2, 0) is 10.8 Å². The molecule has 1 nitrogen and oxygen atoms in total. The number of rotatable bonds is 7. The lowest BCUT2D eigenvalue weighted by atomic mass is 9.68. The minimum atomic E-state index is -0.526. The molecule has 1 aromatic heterocycles. The lowest BCUT2D eigenvalue weighted by Gasteiger charge is -2.34. The molecule has 1 atom stereocenters. The van der Waals surface area contributed by atoms with Gasteiger partial charge in [0.15, 0.2) is 0 Å². The van der Waals surface area contributed by atoms with Crippen molar-refractivity contribution in [3.8, 4) is 33.4 Å². The monoisotopic (exact) mass is 845 g/mol. The fourth-order valence-electron chi connectivity index (χ4n) is 11.5. The maximum absolute atomic E-state index is 2.54. The molecule has 1 heterocycles. The summed E-state index contributed by atoms with van der Waals surface area (Å²) in [5.74, 6) is 0. The van der Waals surface area contributed by atoms with Crippen LogP contribution in [0.5, 0.6) is 0 Å². The molecule has 1 unspecified atom stereocenters. The van der Waals surface area contributed by atoms with Crippen molar-refractivity contribution in [2.24, 2.45) is 0 Å². The topological polar surface area (TPSA) is 3.24 Å². The van der Waals surface area contributed by atoms with E-state index in [-0.39, 0.29) is 5.41 Å². The molecule has 2 heteroatoms. The summed E-state index contributed by atoms with van der Waals surface area (Å²) < 4.78 is 2.63. The number of hydrogen-bond acceptors (Lipinski definition) is 2. The Kier molecular flexibility index (Phi) is 8.50. The molecule has 0 fully saturated rings. The molecule has 0 amide bonds. The number of benzene rings is 10. The van der Waals surface area contributed by atoms with Gasteiger partial charge in [0.05, 0.1) is 11.1 Å². The van der Waals surface area contributed by atoms with E-state index in [0.717, 1.165) is 17.1 Å². The van der Waals surface area contributed by atoms with Gasteiger partial charge < -0.3 is 4.90 Å². The van der Waals surface area contributed by atoms with Crippen molar-refractivity contribution in [1.29, 1.82) is 0 Å². The van der Waals surface area contributed by atoms with Crippen molar-refractivity contribution >= 4 is 48.6 Å². The Hall–Kier alpha value is -7.78. The normalized spacial score (nSPS) is 15.3. The number of anilines is 3. The average molecular weight is 846 g/mol. The summed E-state index contributed by atoms with van der Waals surface area (Å²) >= 11 is 1.87. The van der Waals surface area contributed by atoms with Gasteiger partial charge in [-0.25, -0.2) is 0 Å². The highest BCUT2D eigenvalue weighted by Crippen LogP contribution is 2.60. The standard InChI is InChI=1S/C63H43NS/c1-62(44-20-5-2-6-21-44)54-30-14-11-27-49(54)50-37-36-48(41-57(50)62)64(47-26-17-19-42(39-47)43-35-38-60-53(40-43)51-28-13-16-34-59(51)65-60)58-33-18-32-56-61(58)52-29-12-15-31-55(52)63(56,45-22-7-3-8-23-45)46-24-9-4-10-25-46/h2-41H,1H3. The quantitative estimate of drug-likeness (QED) is 0.154. The highest BCUT2D eigenvalue weighted by molar-refractivity contribution is 7.25. The molecule has 2 aliphatic carbocycles. The van der Waals surface area contributed by atoms with Crippen LogP contribution in [0.2, 0.25) is 0 Å². The van der Waals surface area contributed by atoms with Crippen LogP contribution in [0.4, 0.5) is 17.1 Å². The summed E-state index contributed by atoms with van der Waals surface area (Å²) in [6, 6.07) is 90.6. The average Bonchev–Trinajstić information content (AvgIpc) is 4.00. The molecule has 13 rings (SSSR count). The first-order valence-corrected chi connectivity index (χ1v) is 23.4. The smallest absolute Gasteiger partial charge is 0.0714 e. The Morgan fingerprint density at radius 3 is 1.69 bits per heavy atom. The van der Waals surface area contributed by atoms with E-state index in [1.165, 1.54) is 92.5 Å². The van der Waals surface area contributed by atoms with Gasteiger partial charge >= 0.3 is 0 Å². The van der Waals surface area contributed by atoms with Crippen molar-refractivity contribution in [2.75, 3.05) is 4.90 Å². The van der Waals surface area contributed by atoms with E-state index >= 15 is 0 Å². The molecule has 0 saturated heterocycles. The Bertz CT molecular complexity index is 3580. The Labute approximate surface area is 384 Å². The van der Waals surface area contributed by atoms with Gasteiger partial charge in [-0.1, -0.05) is 194 Å². The van der Waals surface area contributed by atoms with Crippen LogP contribution in [0.15, 0.2) is 243 Å². The van der Waals surface area contributed by atoms with Crippen LogP contribution in [0.1, 0.15) is 45.9 Å². The Morgan fingerprint density at radius 1 is 0.354 bits per heavy atom. The summed E-state index contributed by atoms with van der Waals surface area (Å²) in [4.78, 5) is 2.54. The molecular formula is C63H43NS. The lowest BCUT2D eigenvalue weighted by molar-refractivity contribution is 0.714. The number of thiophene rings is 1. The zero-order valence-electron chi connectivity index (χ0n) is 35.9. The third-order valence-electron chi connectivity index (χ3n) is 14.4. The number of hydrogen-bond donors (Lipinski definition) is 0. The maximum atomic E-state index is 2.54. The third kappa shape index (κ3) is 5.51. The molecule has 0 N–H and O–H groups in total. The number of fused-ring (bicyclic) bond motifs is 9. The molecule has 0 aliphatic heterocycles. The summed E-state index contributed by atoms with van der Waals surface area (Å²) in [6.07, 6.45) is 0. The molecule has 0 saturated carbocycles. The van der Waals surface area contributed by atoms with Crippen molar-refractivity contribution in [1.82, 2.24) is 0 Å². The molecule has 0 radical (unpaired) electrons. The first-order valence-electron chi connectivity index (χ1n) is 22.6. The van der Waals surface area contributed by atoms with Gasteiger partial charge in [-0.05, 0) is 122 Å². The molecule has 306 valence electrons. The van der Waals surface area contributed by atoms with E-state index in [2.05, 4.69) is 254 Å². The predicted octanol–water partition coefficient (Wildman–Crippen LogP) is 16.9. The van der Waals surface area contributed by atoms with Gasteiger partial charge in [0.1, 0.15) is 0 Å². The van der Waals surface area contributed by atoms with Gasteiger partial charge in [0.2, 0.25) is 0 Å². The first kappa shape index (κ1) is 37.7. The highest BCUT2D eigenvalue weighted by atomic mass is 32.1. The van der Waals surface area contributed by atoms with Crippen LogP contribution >= 0.6 is 11.3 Å². The van der Waals surface area contributed by atoms with Crippen molar-refractivity contribution < 1.29 is 0 Å². The van der Waals surface area contributed by atoms with Crippen LogP contribution in [-0.4, -0.2) is 0 Å². The van der Waals surface area contributed by atoms with Gasteiger partial charge in [-0.3, -0.25) is 0 Å². The zero-order chi connectivity index (χ0) is 43.1. The fourth-order valence-corrected chi connectivity index (χ4v) is 12.6. The maximum Gasteiger partial charge on any atom is 0.0714 e. The van der Waals surface area contributed by atoms with Crippen LogP contribution in [0, 0.1) is 0 Å². The minimum Gasteiger partial charge on any atom is -0.310 e. The van der Waals surface area contributed by atoms with Crippen LogP contribution in [0.3, 0.4) is 0 Å². The molecule has 11 aromatic rings. The molecular weight excluding hydrogens is 803 g/mol. The van der Waals surface area contributed by atoms with E-state index in [4.69, 9.17) is 0 Å². The van der Waals surface area contributed by atoms with Gasteiger partial charge in [-0.2, -0.15) is 0 Å². The first-order chi connectivity index (χ1) is 32.1. The predicted molar refractivity (Wildman–Crippen MR) is 274 cm³/mol. The van der Waals surface area contributed by atoms with E-state index in [1.807, 2.05) is 11.3 Å². The fraction of sp³-hybridized carbons (Fsp3) is 0.0476. The second-order valence-electron chi connectivity index (χ2n) is 17.7. The van der Waals surface area contributed by atoms with E-state index in [0.29, 0.717) is 0 Å². The molecule has 0 spiro atoms. The molecule has 0 bridgehead atoms. The molecule has 65 heavy (non-hydrogen) atoms. The van der Waals surface area contributed by atoms with Gasteiger partial charge in [0.25, 0.3) is 0 Å². The second kappa shape index (κ2) is 14.6. The summed E-state index contributed by atoms with van der Waals surface area (Å²) in [5.41, 5.74) is 19.0. The molecule has 2 aliphatic rings. The van der Waals surface area contributed by atoms with Crippen LogP contribution in [0.25, 0.3) is 53.6 Å². The van der Waals surface area contributed by atoms with Gasteiger partial charge in [-0.15, -0.1) is 11.3 Å². The van der Waals surface area contributed by atoms with Crippen molar-refractivity contribution in [3.05, 3.63) is 282 Å². The second-order valence-corrected chi connectivity index (χ2v) is 18.8. The van der Waals surface area contributed by atoms with E-state index < -0.39 is 5.41 Å². The zero-order valence-corrected chi connectivity index (χ0v) is 36.8. The van der Waals surface area contributed by atoms with Crippen molar-refractivity contribution in [2.45, 2.75) is 17.8 Å². The van der Waals surface area contributed by atoms with Crippen LogP contribution < -0.4 is 4.90 Å². The largest absolute Gasteiger partial charge is 0.310 e. The van der Waals surface area contributed by atoms with Gasteiger partial charge in [0, 0.05) is 42.5 Å². The third-order valence-corrected chi connectivity index (χ3v) is 15.6.